The van der Waals surface area contributed by atoms with Crippen molar-refractivity contribution in [2.45, 2.75) is 11.8 Å². The van der Waals surface area contributed by atoms with E-state index in [1.54, 1.807) is 42.5 Å². The van der Waals surface area contributed by atoms with Crippen LogP contribution in [0.5, 0.6) is 0 Å². The van der Waals surface area contributed by atoms with E-state index in [-0.39, 0.29) is 10.8 Å². The third-order valence-corrected chi connectivity index (χ3v) is 6.28. The van der Waals surface area contributed by atoms with Crippen LogP contribution in [0.2, 0.25) is 0 Å². The molecule has 0 aliphatic rings. The molecular formula is C26H22N2O4S. The van der Waals surface area contributed by atoms with E-state index in [0.29, 0.717) is 22.7 Å². The largest absolute Gasteiger partial charge is 0.465 e. The highest BCUT2D eigenvalue weighted by molar-refractivity contribution is 7.92. The van der Waals surface area contributed by atoms with Crippen LogP contribution >= 0.6 is 0 Å². The number of nitrogens with one attached hydrogen (secondary N) is 2. The summed E-state index contributed by atoms with van der Waals surface area (Å²) in [5, 5.41) is 2.82. The van der Waals surface area contributed by atoms with Gasteiger partial charge in [-0.15, -0.1) is 0 Å². The molecule has 33 heavy (non-hydrogen) atoms. The van der Waals surface area contributed by atoms with Crippen LogP contribution < -0.4 is 10.0 Å². The molecule has 0 atom stereocenters. The summed E-state index contributed by atoms with van der Waals surface area (Å²) in [5.74, 6) is 0.207. The fourth-order valence-electron chi connectivity index (χ4n) is 3.16. The fraction of sp³-hybridized carbons (Fsp3) is 0.0385. The maximum Gasteiger partial charge on any atom is 0.261 e. The van der Waals surface area contributed by atoms with Crippen molar-refractivity contribution in [2.75, 3.05) is 10.0 Å². The van der Waals surface area contributed by atoms with Gasteiger partial charge < -0.3 is 9.73 Å². The molecule has 0 unspecified atom stereocenters. The SMILES string of the molecule is Cc1ccc(NS(=O)(=O)c2ccc(NC(=O)/C(=C/c3ccco3)c3ccccc3)cc2)cc1. The van der Waals surface area contributed by atoms with E-state index in [4.69, 9.17) is 4.42 Å². The fourth-order valence-corrected chi connectivity index (χ4v) is 4.22. The molecule has 0 aliphatic carbocycles. The van der Waals surface area contributed by atoms with E-state index in [2.05, 4.69) is 10.0 Å². The first kappa shape index (κ1) is 22.1. The van der Waals surface area contributed by atoms with Crippen molar-refractivity contribution >= 4 is 39.0 Å². The average Bonchev–Trinajstić information content (AvgIpc) is 3.33. The number of benzene rings is 3. The maximum absolute atomic E-state index is 13.0. The number of carbonyl (C=O) groups is 1. The number of hydrogen-bond acceptors (Lipinski definition) is 4. The number of furan rings is 1. The number of anilines is 2. The van der Waals surface area contributed by atoms with E-state index in [0.717, 1.165) is 11.1 Å². The van der Waals surface area contributed by atoms with Gasteiger partial charge in [-0.25, -0.2) is 8.42 Å². The number of aryl methyl sites for hydroxylation is 1. The minimum absolute atomic E-state index is 0.0930. The molecular weight excluding hydrogens is 436 g/mol. The van der Waals surface area contributed by atoms with Gasteiger partial charge in [-0.2, -0.15) is 0 Å². The van der Waals surface area contributed by atoms with E-state index in [1.807, 2.05) is 49.4 Å². The zero-order valence-corrected chi connectivity index (χ0v) is 18.7. The van der Waals surface area contributed by atoms with Gasteiger partial charge in [0.05, 0.1) is 16.7 Å². The van der Waals surface area contributed by atoms with Crippen LogP contribution in [-0.4, -0.2) is 14.3 Å². The highest BCUT2D eigenvalue weighted by Crippen LogP contribution is 2.23. The van der Waals surface area contributed by atoms with Crippen LogP contribution in [0.3, 0.4) is 0 Å². The summed E-state index contributed by atoms with van der Waals surface area (Å²) >= 11 is 0. The van der Waals surface area contributed by atoms with Crippen molar-refractivity contribution in [3.8, 4) is 0 Å². The molecule has 3 aromatic carbocycles. The molecule has 166 valence electrons. The van der Waals surface area contributed by atoms with E-state index >= 15 is 0 Å². The normalized spacial score (nSPS) is 11.7. The topological polar surface area (TPSA) is 88.4 Å². The third kappa shape index (κ3) is 5.58. The monoisotopic (exact) mass is 458 g/mol. The quantitative estimate of drug-likeness (QED) is 0.355. The molecule has 6 nitrogen and oxygen atoms in total. The standard InChI is InChI=1S/C26H22N2O4S/c1-19-9-11-22(12-10-19)28-33(30,31)24-15-13-21(14-16-24)27-26(29)25(18-23-8-5-17-32-23)20-6-3-2-4-7-20/h2-18,28H,1H3,(H,27,29)/b25-18+. The van der Waals surface area contributed by atoms with Crippen LogP contribution in [0.4, 0.5) is 11.4 Å². The van der Waals surface area contributed by atoms with Crippen LogP contribution in [0, 0.1) is 6.92 Å². The zero-order valence-electron chi connectivity index (χ0n) is 17.9. The third-order valence-electron chi connectivity index (χ3n) is 4.89. The van der Waals surface area contributed by atoms with Crippen LogP contribution in [0.15, 0.2) is 107 Å². The average molecular weight is 459 g/mol. The van der Waals surface area contributed by atoms with Gasteiger partial charge in [0.15, 0.2) is 0 Å². The maximum atomic E-state index is 13.0. The van der Waals surface area contributed by atoms with Gasteiger partial charge in [0, 0.05) is 11.4 Å². The van der Waals surface area contributed by atoms with Crippen LogP contribution in [0.25, 0.3) is 11.6 Å². The van der Waals surface area contributed by atoms with Gasteiger partial charge in [0.2, 0.25) is 0 Å². The predicted molar refractivity (Wildman–Crippen MR) is 130 cm³/mol. The van der Waals surface area contributed by atoms with Crippen LogP contribution in [-0.2, 0) is 14.8 Å². The molecule has 0 bridgehead atoms. The van der Waals surface area contributed by atoms with Gasteiger partial charge in [-0.1, -0.05) is 48.0 Å². The molecule has 4 rings (SSSR count). The first-order valence-electron chi connectivity index (χ1n) is 10.2. The summed E-state index contributed by atoms with van der Waals surface area (Å²) in [6.07, 6.45) is 3.20. The van der Waals surface area contributed by atoms with Gasteiger partial charge >= 0.3 is 0 Å². The van der Waals surface area contributed by atoms with Gasteiger partial charge in [-0.05, 0) is 67.1 Å². The summed E-state index contributed by atoms with van der Waals surface area (Å²) in [6.45, 7) is 1.93. The molecule has 7 heteroatoms. The lowest BCUT2D eigenvalue weighted by molar-refractivity contribution is -0.111. The van der Waals surface area contributed by atoms with E-state index in [1.165, 1.54) is 18.4 Å². The highest BCUT2D eigenvalue weighted by Gasteiger charge is 2.16. The van der Waals surface area contributed by atoms with E-state index in [9.17, 15) is 13.2 Å². The molecule has 1 aromatic heterocycles. The minimum atomic E-state index is -3.75. The van der Waals surface area contributed by atoms with Gasteiger partial charge in [0.25, 0.3) is 15.9 Å². The second kappa shape index (κ2) is 9.58. The molecule has 2 N–H and O–H groups in total. The Labute approximate surface area is 192 Å². The Morgan fingerprint density at radius 3 is 2.12 bits per heavy atom. The first-order valence-corrected chi connectivity index (χ1v) is 11.7. The predicted octanol–water partition coefficient (Wildman–Crippen LogP) is 5.57. The number of amides is 1. The van der Waals surface area contributed by atoms with Crippen molar-refractivity contribution in [3.63, 3.8) is 0 Å². The van der Waals surface area contributed by atoms with Crippen molar-refractivity contribution < 1.29 is 17.6 Å². The Morgan fingerprint density at radius 1 is 0.818 bits per heavy atom. The van der Waals surface area contributed by atoms with Crippen LogP contribution in [0.1, 0.15) is 16.9 Å². The second-order valence-corrected chi connectivity index (χ2v) is 9.07. The first-order chi connectivity index (χ1) is 15.9. The van der Waals surface area contributed by atoms with E-state index < -0.39 is 10.0 Å². The Kier molecular flexibility index (Phi) is 6.42. The Morgan fingerprint density at radius 2 is 1.48 bits per heavy atom. The summed E-state index contributed by atoms with van der Waals surface area (Å²) in [4.78, 5) is 13.1. The lowest BCUT2D eigenvalue weighted by Crippen LogP contribution is -2.15. The Hall–Kier alpha value is -4.10. The van der Waals surface area contributed by atoms with Crippen molar-refractivity contribution in [3.05, 3.63) is 114 Å². The summed E-state index contributed by atoms with van der Waals surface area (Å²) < 4.78 is 33.3. The lowest BCUT2D eigenvalue weighted by atomic mass is 10.0. The Balaban J connectivity index is 1.52. The molecule has 4 aromatic rings. The summed E-state index contributed by atoms with van der Waals surface area (Å²) in [6, 6.07) is 25.8. The van der Waals surface area contributed by atoms with Gasteiger partial charge in [-0.3, -0.25) is 9.52 Å². The van der Waals surface area contributed by atoms with Gasteiger partial charge in [0.1, 0.15) is 5.76 Å². The second-order valence-electron chi connectivity index (χ2n) is 7.39. The van der Waals surface area contributed by atoms with Crippen molar-refractivity contribution in [1.82, 2.24) is 0 Å². The summed E-state index contributed by atoms with van der Waals surface area (Å²) in [7, 11) is -3.75. The number of hydrogen-bond donors (Lipinski definition) is 2. The highest BCUT2D eigenvalue weighted by atomic mass is 32.2. The lowest BCUT2D eigenvalue weighted by Gasteiger charge is -2.11. The molecule has 0 saturated carbocycles. The van der Waals surface area contributed by atoms with Crippen molar-refractivity contribution in [2.24, 2.45) is 0 Å². The minimum Gasteiger partial charge on any atom is -0.465 e. The molecule has 0 saturated heterocycles. The summed E-state index contributed by atoms with van der Waals surface area (Å²) in [5.41, 5.74) is 3.13. The zero-order chi connectivity index (χ0) is 23.3. The molecule has 1 heterocycles. The van der Waals surface area contributed by atoms with Crippen molar-refractivity contribution in [1.29, 1.82) is 0 Å². The number of sulfonamides is 1. The molecule has 0 spiro atoms. The smallest absolute Gasteiger partial charge is 0.261 e. The molecule has 1 amide bonds. The molecule has 0 aliphatic heterocycles. The molecule has 0 fully saturated rings. The Bertz CT molecular complexity index is 1360. The number of carbonyl (C=O) groups excluding carboxylic acids is 1. The number of rotatable bonds is 7. The molecule has 0 radical (unpaired) electrons.